The fourth-order valence-corrected chi connectivity index (χ4v) is 5.63. The van der Waals surface area contributed by atoms with E-state index in [0.29, 0.717) is 0 Å². The van der Waals surface area contributed by atoms with E-state index in [-0.39, 0.29) is 0 Å². The molecule has 1 aromatic heterocycles. The van der Waals surface area contributed by atoms with Gasteiger partial charge in [-0.3, -0.25) is 4.31 Å². The van der Waals surface area contributed by atoms with Gasteiger partial charge in [0, 0.05) is 33.3 Å². The van der Waals surface area contributed by atoms with Crippen LogP contribution in [-0.2, 0) is 10.0 Å². The molecule has 1 atom stereocenters. The van der Waals surface area contributed by atoms with Crippen LogP contribution in [0.25, 0.3) is 23.1 Å². The molecule has 1 N–H and O–H groups in total. The van der Waals surface area contributed by atoms with Crippen molar-refractivity contribution in [1.29, 1.82) is 0 Å². The Morgan fingerprint density at radius 1 is 0.935 bits per heavy atom. The maximum atomic E-state index is 13.5. The van der Waals surface area contributed by atoms with Crippen LogP contribution in [0.5, 0.6) is 0 Å². The average Bonchev–Trinajstić information content (AvgIpc) is 3.21. The molecule has 1 aliphatic heterocycles. The lowest BCUT2D eigenvalue weighted by atomic mass is 9.92. The van der Waals surface area contributed by atoms with Gasteiger partial charge in [-0.1, -0.05) is 70.5 Å². The number of hydrogen-bond acceptors (Lipinski definition) is 2. The lowest BCUT2D eigenvalue weighted by molar-refractivity contribution is 0.456. The lowest BCUT2D eigenvalue weighted by Crippen LogP contribution is -2.31. The predicted molar refractivity (Wildman–Crippen MR) is 130 cm³/mol. The Bertz CT molecular complexity index is 1440. The summed E-state index contributed by atoms with van der Waals surface area (Å²) in [5, 5.41) is 2.28. The first-order valence-electron chi connectivity index (χ1n) is 9.83. The first-order chi connectivity index (χ1) is 15.0. The molecule has 4 nitrogen and oxygen atoms in total. The number of fused-ring (bicyclic) bond motifs is 2. The molecule has 0 fully saturated rings. The van der Waals surface area contributed by atoms with Gasteiger partial charge in [-0.25, -0.2) is 8.42 Å². The van der Waals surface area contributed by atoms with E-state index in [0.717, 1.165) is 37.6 Å². The Morgan fingerprint density at radius 2 is 1.74 bits per heavy atom. The van der Waals surface area contributed by atoms with Crippen LogP contribution in [0.15, 0.2) is 95.1 Å². The lowest BCUT2D eigenvalue weighted by Gasteiger charge is -2.33. The number of aromatic nitrogens is 1. The van der Waals surface area contributed by atoms with Crippen LogP contribution < -0.4 is 0 Å². The monoisotopic (exact) mass is 490 g/mol. The summed E-state index contributed by atoms with van der Waals surface area (Å²) in [5.74, 6) is 0. The molecular formula is C25H19BrN2O2S. The molecule has 0 aliphatic carbocycles. The molecule has 5 rings (SSSR count). The third-order valence-corrected chi connectivity index (χ3v) is 7.33. The average molecular weight is 491 g/mol. The van der Waals surface area contributed by atoms with Crippen molar-refractivity contribution >= 4 is 49.0 Å². The van der Waals surface area contributed by atoms with Crippen molar-refractivity contribution in [2.24, 2.45) is 0 Å². The van der Waals surface area contributed by atoms with Crippen molar-refractivity contribution in [3.05, 3.63) is 117 Å². The molecule has 31 heavy (non-hydrogen) atoms. The van der Waals surface area contributed by atoms with Gasteiger partial charge in [0.25, 0.3) is 10.0 Å². The number of halogens is 1. The summed E-state index contributed by atoms with van der Waals surface area (Å²) >= 11 is 3.43. The number of nitrogens with one attached hydrogen (secondary N) is 1. The zero-order valence-electron chi connectivity index (χ0n) is 16.4. The third-order valence-electron chi connectivity index (χ3n) is 5.44. The van der Waals surface area contributed by atoms with Crippen molar-refractivity contribution in [2.45, 2.75) is 6.04 Å². The predicted octanol–water partition coefficient (Wildman–Crippen LogP) is 6.31. The minimum Gasteiger partial charge on any atom is -0.361 e. The quantitative estimate of drug-likeness (QED) is 0.364. The molecule has 3 aromatic carbocycles. The zero-order chi connectivity index (χ0) is 21.4. The van der Waals surface area contributed by atoms with Crippen LogP contribution in [0.4, 0.5) is 0 Å². The minimum absolute atomic E-state index is 0.463. The number of benzene rings is 3. The van der Waals surface area contributed by atoms with Gasteiger partial charge in [-0.05, 0) is 47.0 Å². The first-order valence-corrected chi connectivity index (χ1v) is 12.1. The third kappa shape index (κ3) is 3.73. The van der Waals surface area contributed by atoms with Gasteiger partial charge in [0.15, 0.2) is 0 Å². The molecule has 0 radical (unpaired) electrons. The molecule has 6 heteroatoms. The van der Waals surface area contributed by atoms with E-state index in [9.17, 15) is 8.42 Å². The van der Waals surface area contributed by atoms with Gasteiger partial charge in [0.2, 0.25) is 0 Å². The highest BCUT2D eigenvalue weighted by atomic mass is 79.9. The number of aromatic amines is 1. The van der Waals surface area contributed by atoms with Crippen molar-refractivity contribution in [2.75, 3.05) is 0 Å². The second-order valence-corrected chi connectivity index (χ2v) is 10.0. The molecule has 1 unspecified atom stereocenters. The fraction of sp³-hybridized carbons (Fsp3) is 0.0400. The van der Waals surface area contributed by atoms with E-state index in [2.05, 4.69) is 20.9 Å². The smallest absolute Gasteiger partial charge is 0.257 e. The summed E-state index contributed by atoms with van der Waals surface area (Å²) < 4.78 is 29.3. The SMILES string of the molecule is O=S(=O)(C=Cc1cccc(Br)c1)N1C=Cc2ccccc2C1c1c[nH]c2ccccc12. The highest BCUT2D eigenvalue weighted by Gasteiger charge is 2.33. The number of nitrogens with zero attached hydrogens (tertiary/aromatic N) is 1. The molecular weight excluding hydrogens is 472 g/mol. The van der Waals surface area contributed by atoms with Crippen LogP contribution in [0.1, 0.15) is 28.3 Å². The van der Waals surface area contributed by atoms with Crippen molar-refractivity contribution in [3.63, 3.8) is 0 Å². The van der Waals surface area contributed by atoms with Crippen LogP contribution in [-0.4, -0.2) is 17.7 Å². The van der Waals surface area contributed by atoms with Crippen molar-refractivity contribution in [3.8, 4) is 0 Å². The van der Waals surface area contributed by atoms with Gasteiger partial charge >= 0.3 is 0 Å². The molecule has 0 amide bonds. The molecule has 4 aromatic rings. The molecule has 2 heterocycles. The Balaban J connectivity index is 1.63. The molecule has 0 spiro atoms. The molecule has 0 saturated heterocycles. The highest BCUT2D eigenvalue weighted by molar-refractivity contribution is 9.10. The summed E-state index contributed by atoms with van der Waals surface area (Å²) in [6.07, 6.45) is 7.05. The Kier molecular flexibility index (Phi) is 5.04. The summed E-state index contributed by atoms with van der Waals surface area (Å²) in [5.41, 5.74) is 4.68. The van der Waals surface area contributed by atoms with Gasteiger partial charge in [0.05, 0.1) is 11.4 Å². The maximum Gasteiger partial charge on any atom is 0.257 e. The fourth-order valence-electron chi connectivity index (χ4n) is 3.99. The van der Waals surface area contributed by atoms with Crippen LogP contribution in [0.3, 0.4) is 0 Å². The highest BCUT2D eigenvalue weighted by Crippen LogP contribution is 2.40. The largest absolute Gasteiger partial charge is 0.361 e. The normalized spacial score (nSPS) is 16.2. The van der Waals surface area contributed by atoms with E-state index in [1.807, 2.05) is 85.1 Å². The molecule has 1 aliphatic rings. The summed E-state index contributed by atoms with van der Waals surface area (Å²) in [4.78, 5) is 3.28. The van der Waals surface area contributed by atoms with Crippen LogP contribution in [0.2, 0.25) is 0 Å². The number of para-hydroxylation sites is 1. The van der Waals surface area contributed by atoms with Crippen LogP contribution in [0, 0.1) is 0 Å². The second-order valence-electron chi connectivity index (χ2n) is 7.37. The standard InChI is InChI=1S/C25H19BrN2O2S/c26-20-8-5-6-18(16-20)13-15-31(29,30)28-14-12-19-7-1-2-9-21(19)25(28)23-17-27-24-11-4-3-10-22(23)24/h1-17,25,27H. The minimum atomic E-state index is -3.74. The Hall–Kier alpha value is -3.09. The number of H-pyrrole nitrogens is 1. The van der Waals surface area contributed by atoms with E-state index < -0.39 is 16.1 Å². The first kappa shape index (κ1) is 19.8. The van der Waals surface area contributed by atoms with E-state index in [4.69, 9.17) is 0 Å². The van der Waals surface area contributed by atoms with Crippen molar-refractivity contribution in [1.82, 2.24) is 9.29 Å². The van der Waals surface area contributed by atoms with Crippen LogP contribution >= 0.6 is 15.9 Å². The maximum absolute atomic E-state index is 13.5. The molecule has 0 saturated carbocycles. The zero-order valence-corrected chi connectivity index (χ0v) is 18.8. The van der Waals surface area contributed by atoms with Gasteiger partial charge < -0.3 is 4.98 Å². The van der Waals surface area contributed by atoms with E-state index >= 15 is 0 Å². The summed E-state index contributed by atoms with van der Waals surface area (Å²) in [6, 6.07) is 22.9. The summed E-state index contributed by atoms with van der Waals surface area (Å²) in [7, 11) is -3.74. The topological polar surface area (TPSA) is 53.2 Å². The summed E-state index contributed by atoms with van der Waals surface area (Å²) in [6.45, 7) is 0. The molecule has 154 valence electrons. The van der Waals surface area contributed by atoms with E-state index in [1.165, 1.54) is 9.71 Å². The van der Waals surface area contributed by atoms with Gasteiger partial charge in [-0.2, -0.15) is 0 Å². The Morgan fingerprint density at radius 3 is 2.61 bits per heavy atom. The second kappa shape index (κ2) is 7.87. The van der Waals surface area contributed by atoms with E-state index in [1.54, 1.807) is 12.3 Å². The van der Waals surface area contributed by atoms with Gasteiger partial charge in [0.1, 0.15) is 0 Å². The molecule has 0 bridgehead atoms. The number of rotatable bonds is 4. The Labute approximate surface area is 189 Å². The van der Waals surface area contributed by atoms with Gasteiger partial charge in [-0.15, -0.1) is 0 Å². The van der Waals surface area contributed by atoms with Crippen molar-refractivity contribution < 1.29 is 8.42 Å². The number of hydrogen-bond donors (Lipinski definition) is 1. The number of sulfonamides is 1.